The molecule has 1 amide bonds. The summed E-state index contributed by atoms with van der Waals surface area (Å²) in [5.41, 5.74) is 0.529. The van der Waals surface area contributed by atoms with Crippen LogP contribution >= 0.6 is 0 Å². The van der Waals surface area contributed by atoms with Crippen LogP contribution < -0.4 is 10.6 Å². The molecule has 11 nitrogen and oxygen atoms in total. The zero-order valence-corrected chi connectivity index (χ0v) is 18.6. The summed E-state index contributed by atoms with van der Waals surface area (Å²) in [6.45, 7) is -0.855. The molecule has 192 valence electrons. The molecule has 7 rings (SSSR count). The van der Waals surface area contributed by atoms with Crippen LogP contribution in [0.25, 0.3) is 5.65 Å². The summed E-state index contributed by atoms with van der Waals surface area (Å²) < 4.78 is 68.1. The minimum Gasteiger partial charge on any atom is -0.441 e. The van der Waals surface area contributed by atoms with Gasteiger partial charge in [-0.15, -0.1) is 13.2 Å². The van der Waals surface area contributed by atoms with Gasteiger partial charge in [-0.05, 0) is 31.2 Å². The van der Waals surface area contributed by atoms with Crippen LogP contribution in [0.1, 0.15) is 36.8 Å². The number of hydrogen-bond acceptors (Lipinski definition) is 8. The number of alkyl halides is 4. The number of nitrogens with one attached hydrogen (secondary N) is 3. The highest BCUT2D eigenvalue weighted by Crippen LogP contribution is 2.57. The molecule has 1 saturated heterocycles. The van der Waals surface area contributed by atoms with E-state index in [2.05, 4.69) is 35.5 Å². The molecule has 2 bridgehead atoms. The Morgan fingerprint density at radius 3 is 2.86 bits per heavy atom. The van der Waals surface area contributed by atoms with Gasteiger partial charge in [0.2, 0.25) is 5.95 Å². The molecule has 4 aliphatic rings. The van der Waals surface area contributed by atoms with Gasteiger partial charge in [-0.25, -0.2) is 19.2 Å². The van der Waals surface area contributed by atoms with Gasteiger partial charge in [0.25, 0.3) is 0 Å². The predicted molar refractivity (Wildman–Crippen MR) is 113 cm³/mol. The molecule has 0 unspecified atom stereocenters. The molecule has 0 spiro atoms. The largest absolute Gasteiger partial charge is 0.522 e. The molecule has 3 N–H and O–H groups in total. The van der Waals surface area contributed by atoms with E-state index in [1.807, 2.05) is 0 Å². The molecule has 0 radical (unpaired) electrons. The van der Waals surface area contributed by atoms with Crippen molar-refractivity contribution in [2.75, 3.05) is 11.9 Å². The first-order chi connectivity index (χ1) is 17.2. The van der Waals surface area contributed by atoms with Crippen LogP contribution in [-0.2, 0) is 20.8 Å². The third kappa shape index (κ3) is 4.32. The zero-order valence-electron chi connectivity index (χ0n) is 18.6. The molecule has 3 aromatic heterocycles. The van der Waals surface area contributed by atoms with E-state index in [4.69, 9.17) is 9.47 Å². The van der Waals surface area contributed by atoms with E-state index < -0.39 is 37.4 Å². The highest BCUT2D eigenvalue weighted by atomic mass is 19.4. The van der Waals surface area contributed by atoms with E-state index in [0.717, 1.165) is 19.3 Å². The maximum atomic E-state index is 15.0. The van der Waals surface area contributed by atoms with E-state index in [-0.39, 0.29) is 29.6 Å². The van der Waals surface area contributed by atoms with Crippen molar-refractivity contribution < 1.29 is 36.6 Å². The number of H-pyrrole nitrogens is 1. The summed E-state index contributed by atoms with van der Waals surface area (Å²) in [5, 5.41) is 12.5. The van der Waals surface area contributed by atoms with E-state index in [9.17, 15) is 18.0 Å². The number of nitrogens with zero attached hydrogens (tertiary/aromatic N) is 4. The first-order valence-electron chi connectivity index (χ1n) is 11.3. The van der Waals surface area contributed by atoms with E-state index in [0.29, 0.717) is 17.3 Å². The molecule has 15 heteroatoms. The van der Waals surface area contributed by atoms with Crippen molar-refractivity contribution in [2.24, 2.45) is 5.92 Å². The van der Waals surface area contributed by atoms with Crippen molar-refractivity contribution in [2.45, 2.75) is 56.2 Å². The molecule has 4 heterocycles. The Bertz CT molecular complexity index is 1280. The maximum Gasteiger partial charge on any atom is 0.522 e. The summed E-state index contributed by atoms with van der Waals surface area (Å²) in [6, 6.07) is 3.02. The van der Waals surface area contributed by atoms with Crippen LogP contribution in [0.3, 0.4) is 0 Å². The van der Waals surface area contributed by atoms with Crippen LogP contribution in [-0.4, -0.2) is 61.4 Å². The van der Waals surface area contributed by atoms with Crippen molar-refractivity contribution in [3.05, 3.63) is 35.9 Å². The maximum absolute atomic E-state index is 15.0. The van der Waals surface area contributed by atoms with Crippen molar-refractivity contribution in [3.8, 4) is 0 Å². The normalized spacial score (nSPS) is 29.0. The molecule has 3 atom stereocenters. The fourth-order valence-electron chi connectivity index (χ4n) is 4.90. The quantitative estimate of drug-likeness (QED) is 0.413. The van der Waals surface area contributed by atoms with Crippen LogP contribution in [0, 0.1) is 5.92 Å². The van der Waals surface area contributed by atoms with Crippen LogP contribution in [0.15, 0.2) is 24.5 Å². The fourth-order valence-corrected chi connectivity index (χ4v) is 4.90. The highest BCUT2D eigenvalue weighted by Gasteiger charge is 2.58. The number of alkyl carbamates (subject to hydrolysis) is 1. The smallest absolute Gasteiger partial charge is 0.441 e. The van der Waals surface area contributed by atoms with Gasteiger partial charge in [0, 0.05) is 24.0 Å². The summed E-state index contributed by atoms with van der Waals surface area (Å²) in [7, 11) is 0. The van der Waals surface area contributed by atoms with Gasteiger partial charge < -0.3 is 20.1 Å². The minimum absolute atomic E-state index is 0.0508. The van der Waals surface area contributed by atoms with Crippen LogP contribution in [0.2, 0.25) is 0 Å². The topological polar surface area (TPSA) is 128 Å². The molecule has 3 aromatic rings. The Kier molecular flexibility index (Phi) is 5.29. The third-order valence-electron chi connectivity index (χ3n) is 6.71. The Morgan fingerprint density at radius 1 is 1.33 bits per heavy atom. The molecule has 1 aliphatic heterocycles. The summed E-state index contributed by atoms with van der Waals surface area (Å²) >= 11 is 0. The minimum atomic E-state index is -4.78. The Balaban J connectivity index is 1.09. The first-order valence-corrected chi connectivity index (χ1v) is 11.3. The Labute approximate surface area is 200 Å². The lowest BCUT2D eigenvalue weighted by atomic mass is 9.50. The number of imidazole rings is 1. The lowest BCUT2D eigenvalue weighted by molar-refractivity contribution is -0.330. The number of anilines is 2. The second kappa shape index (κ2) is 8.30. The molecule has 0 aromatic carbocycles. The van der Waals surface area contributed by atoms with Crippen molar-refractivity contribution in [1.82, 2.24) is 29.9 Å². The molecule has 3 aliphatic carbocycles. The number of fused-ring (bicyclic) bond motifs is 1. The zero-order chi connectivity index (χ0) is 25.1. The van der Waals surface area contributed by atoms with Crippen molar-refractivity contribution in [3.63, 3.8) is 0 Å². The number of aromatic amines is 1. The fraction of sp³-hybridized carbons (Fsp3) is 0.524. The van der Waals surface area contributed by atoms with Crippen LogP contribution in [0.5, 0.6) is 0 Å². The average molecular weight is 511 g/mol. The number of carbonyl (C=O) groups excluding carboxylic acids is 1. The molecule has 4 fully saturated rings. The Hall–Kier alpha value is -3.46. The lowest BCUT2D eigenvalue weighted by Crippen LogP contribution is -2.68. The third-order valence-corrected chi connectivity index (χ3v) is 6.71. The van der Waals surface area contributed by atoms with Crippen LogP contribution in [0.4, 0.5) is 34.1 Å². The summed E-state index contributed by atoms with van der Waals surface area (Å²) in [6.07, 6.45) is -3.50. The summed E-state index contributed by atoms with van der Waals surface area (Å²) in [5.74, 6) is 1.16. The van der Waals surface area contributed by atoms with E-state index in [1.165, 1.54) is 28.9 Å². The average Bonchev–Trinajstić information content (AvgIpc) is 3.48. The number of hydrogen-bond donors (Lipinski definition) is 3. The number of aromatic nitrogens is 5. The number of carbonyl (C=O) groups is 1. The van der Waals surface area contributed by atoms with Gasteiger partial charge in [0.15, 0.2) is 18.1 Å². The molecule has 36 heavy (non-hydrogen) atoms. The first kappa shape index (κ1) is 23.0. The van der Waals surface area contributed by atoms with Gasteiger partial charge in [-0.2, -0.15) is 5.10 Å². The number of rotatable bonds is 7. The highest BCUT2D eigenvalue weighted by molar-refractivity contribution is 5.69. The monoisotopic (exact) mass is 511 g/mol. The van der Waals surface area contributed by atoms with Gasteiger partial charge in [0.1, 0.15) is 11.8 Å². The number of ether oxygens (including phenoxy) is 3. The molecular formula is C21H21F4N7O4. The standard InChI is InChI=1S/C21H21F4N7O4/c22-16-13(36-19(33)29-20-4-10(5-20)6-20)9-34-17(16)12-3-14(31-30-12)28-18-26-2-1-15-27-11(7-32(15)18)8-35-21(23,24)25/h1-3,7,10,13,16-17H,4-6,8-9H2,(H,29,33)(H2,26,28,30,31)/t10?,13-,16-,17-,20?/m0/s1. The molecular weight excluding hydrogens is 490 g/mol. The summed E-state index contributed by atoms with van der Waals surface area (Å²) in [4.78, 5) is 20.4. The number of amides is 1. The predicted octanol–water partition coefficient (Wildman–Crippen LogP) is 3.29. The van der Waals surface area contributed by atoms with E-state index in [1.54, 1.807) is 0 Å². The van der Waals surface area contributed by atoms with Crippen molar-refractivity contribution in [1.29, 1.82) is 0 Å². The van der Waals surface area contributed by atoms with Gasteiger partial charge in [-0.1, -0.05) is 0 Å². The lowest BCUT2D eigenvalue weighted by Gasteiger charge is -2.61. The number of halogens is 4. The second-order valence-corrected chi connectivity index (χ2v) is 9.32. The van der Waals surface area contributed by atoms with E-state index >= 15 is 4.39 Å². The Morgan fingerprint density at radius 2 is 2.14 bits per heavy atom. The second-order valence-electron chi connectivity index (χ2n) is 9.32. The van der Waals surface area contributed by atoms with Gasteiger partial charge >= 0.3 is 12.5 Å². The SMILES string of the molecule is O=C(NC12CC(C1)C2)O[C@H]1CO[C@@H](c2cc(Nc3nccc4nc(COC(F)(F)F)cn34)n[nH]2)[C@H]1F. The molecule has 3 saturated carbocycles. The van der Waals surface area contributed by atoms with Crippen molar-refractivity contribution >= 4 is 23.5 Å². The van der Waals surface area contributed by atoms with Gasteiger partial charge in [-0.3, -0.25) is 14.2 Å². The van der Waals surface area contributed by atoms with Gasteiger partial charge in [0.05, 0.1) is 24.6 Å².